The van der Waals surface area contributed by atoms with E-state index in [2.05, 4.69) is 24.3 Å². The number of hydrogen-bond donors (Lipinski definition) is 0. The van der Waals surface area contributed by atoms with E-state index in [4.69, 9.17) is 21.1 Å². The van der Waals surface area contributed by atoms with Crippen LogP contribution in [0.4, 0.5) is 0 Å². The first-order valence-electron chi connectivity index (χ1n) is 11.1. The summed E-state index contributed by atoms with van der Waals surface area (Å²) in [5.74, 6) is -0.528. The molecule has 1 unspecified atom stereocenters. The Hall–Kier alpha value is -1.96. The van der Waals surface area contributed by atoms with E-state index in [1.165, 1.54) is 10.5 Å². The molecule has 0 bridgehead atoms. The number of Topliss-reactive ketones (excluding diaryl/α,β-unsaturated/α-hetero) is 1. The summed E-state index contributed by atoms with van der Waals surface area (Å²) in [7, 11) is 0. The smallest absolute Gasteiger partial charge is 0.549 e. The van der Waals surface area contributed by atoms with Gasteiger partial charge in [0.1, 0.15) is 17.2 Å². The minimum atomic E-state index is -1.15. The molecule has 0 N–H and O–H groups in total. The van der Waals surface area contributed by atoms with E-state index in [-0.39, 0.29) is 47.0 Å². The van der Waals surface area contributed by atoms with E-state index >= 15 is 0 Å². The number of fused-ring (bicyclic) bond motifs is 1. The van der Waals surface area contributed by atoms with Gasteiger partial charge in [0.15, 0.2) is 5.78 Å². The van der Waals surface area contributed by atoms with Crippen molar-refractivity contribution in [1.29, 1.82) is 0 Å². The first-order chi connectivity index (χ1) is 16.4. The third-order valence-electron chi connectivity index (χ3n) is 5.82. The number of rotatable bonds is 9. The van der Waals surface area contributed by atoms with Gasteiger partial charge in [-0.3, -0.25) is 4.79 Å². The van der Waals surface area contributed by atoms with Crippen molar-refractivity contribution in [3.8, 4) is 17.2 Å². The molecule has 0 saturated carbocycles. The molecule has 0 fully saturated rings. The van der Waals surface area contributed by atoms with Gasteiger partial charge < -0.3 is 19.4 Å². The third-order valence-corrected chi connectivity index (χ3v) is 6.86. The molecule has 0 radical (unpaired) electrons. The summed E-state index contributed by atoms with van der Waals surface area (Å²) in [6.07, 6.45) is 4.50. The molecule has 1 aliphatic heterocycles. The summed E-state index contributed by atoms with van der Waals surface area (Å²) >= 11 is 8.05. The number of carboxylic acid groups (broad SMARTS) is 1. The van der Waals surface area contributed by atoms with Crippen molar-refractivity contribution in [3.63, 3.8) is 0 Å². The van der Waals surface area contributed by atoms with Gasteiger partial charge in [0, 0.05) is 40.4 Å². The Bertz CT molecular complexity index is 1180. The first-order valence-corrected chi connectivity index (χ1v) is 12.7. The molecule has 1 heterocycles. The molecule has 3 aromatic carbocycles. The van der Waals surface area contributed by atoms with Crippen molar-refractivity contribution >= 4 is 35.1 Å². The molecule has 0 aliphatic carbocycles. The molecule has 35 heavy (non-hydrogen) atoms. The van der Waals surface area contributed by atoms with Crippen LogP contribution in [0.5, 0.6) is 17.2 Å². The third kappa shape index (κ3) is 7.05. The maximum Gasteiger partial charge on any atom is 1.00 e. The number of carboxylic acids is 1. The fourth-order valence-electron chi connectivity index (χ4n) is 3.94. The second-order valence-corrected chi connectivity index (χ2v) is 9.37. The standard InChI is InChI=1S/C27H25ClO5S.Na/c1-34-20-11-5-17(6-12-20)3-2-4-24(29)18-7-9-19(10-8-18)33-26-16-25-22(15-23(26)28)21(27(30)31)13-14-32-25;/h5-12,15-16,21H,2-4,13-14H2,1H3,(H,30,31);/q;+1/p-1. The molecule has 0 spiro atoms. The number of carbonyl (C=O) groups excluding carboxylic acids is 2. The number of halogens is 1. The maximum absolute atomic E-state index is 12.6. The second kappa shape index (κ2) is 12.8. The van der Waals surface area contributed by atoms with E-state index in [1.807, 2.05) is 6.26 Å². The van der Waals surface area contributed by atoms with Crippen molar-refractivity contribution < 1.29 is 53.7 Å². The molecular weight excluding hydrogens is 495 g/mol. The maximum atomic E-state index is 12.6. The molecule has 176 valence electrons. The van der Waals surface area contributed by atoms with Gasteiger partial charge in [-0.15, -0.1) is 11.8 Å². The number of carbonyl (C=O) groups is 2. The van der Waals surface area contributed by atoms with Gasteiger partial charge >= 0.3 is 29.6 Å². The van der Waals surface area contributed by atoms with Gasteiger partial charge in [0.05, 0.1) is 11.6 Å². The summed E-state index contributed by atoms with van der Waals surface area (Å²) in [4.78, 5) is 25.2. The van der Waals surface area contributed by atoms with Gasteiger partial charge in [-0.25, -0.2) is 0 Å². The summed E-state index contributed by atoms with van der Waals surface area (Å²) in [6.45, 7) is 0.284. The predicted molar refractivity (Wildman–Crippen MR) is 131 cm³/mol. The molecule has 0 amide bonds. The Morgan fingerprint density at radius 2 is 1.83 bits per heavy atom. The van der Waals surface area contributed by atoms with Gasteiger partial charge in [-0.2, -0.15) is 0 Å². The summed E-state index contributed by atoms with van der Waals surface area (Å²) in [5.41, 5.74) is 2.35. The zero-order valence-corrected chi connectivity index (χ0v) is 23.3. The Balaban J connectivity index is 0.00000342. The summed E-state index contributed by atoms with van der Waals surface area (Å²) in [5, 5.41) is 11.7. The number of thioether (sulfide) groups is 1. The van der Waals surface area contributed by atoms with Crippen LogP contribution in [0.2, 0.25) is 5.02 Å². The van der Waals surface area contributed by atoms with Crippen molar-refractivity contribution in [2.24, 2.45) is 0 Å². The van der Waals surface area contributed by atoms with E-state index in [9.17, 15) is 14.7 Å². The Kier molecular flexibility index (Phi) is 10.1. The zero-order valence-electron chi connectivity index (χ0n) is 19.7. The SMILES string of the molecule is CSc1ccc(CCCC(=O)c2ccc(Oc3cc4c(cc3Cl)C(C(=O)[O-])CCO4)cc2)cc1.[Na+]. The summed E-state index contributed by atoms with van der Waals surface area (Å²) < 4.78 is 11.5. The van der Waals surface area contributed by atoms with Crippen LogP contribution in [-0.2, 0) is 11.2 Å². The Morgan fingerprint density at radius 3 is 2.49 bits per heavy atom. The van der Waals surface area contributed by atoms with Crippen molar-refractivity contribution in [2.45, 2.75) is 36.5 Å². The molecule has 4 rings (SSSR count). The predicted octanol–water partition coefficient (Wildman–Crippen LogP) is 2.68. The van der Waals surface area contributed by atoms with Crippen LogP contribution in [0.15, 0.2) is 65.6 Å². The van der Waals surface area contributed by atoms with Crippen molar-refractivity contribution in [3.05, 3.63) is 82.4 Å². The molecule has 8 heteroatoms. The number of aryl methyl sites for hydroxylation is 1. The fourth-order valence-corrected chi connectivity index (χ4v) is 4.56. The number of hydrogen-bond acceptors (Lipinski definition) is 6. The van der Waals surface area contributed by atoms with Gasteiger partial charge in [0.2, 0.25) is 0 Å². The number of aliphatic carboxylic acids is 1. The monoisotopic (exact) mass is 518 g/mol. The quantitative estimate of drug-likeness (QED) is 0.246. The first kappa shape index (κ1) is 27.6. The van der Waals surface area contributed by atoms with E-state index in [0.29, 0.717) is 41.2 Å². The topological polar surface area (TPSA) is 75.7 Å². The number of ketones is 1. The van der Waals surface area contributed by atoms with Crippen molar-refractivity contribution in [2.75, 3.05) is 12.9 Å². The second-order valence-electron chi connectivity index (χ2n) is 8.08. The molecule has 3 aromatic rings. The minimum Gasteiger partial charge on any atom is -0.549 e. The van der Waals surface area contributed by atoms with Gasteiger partial charge in [-0.1, -0.05) is 23.7 Å². The van der Waals surface area contributed by atoms with Crippen molar-refractivity contribution in [1.82, 2.24) is 0 Å². The molecule has 5 nitrogen and oxygen atoms in total. The van der Waals surface area contributed by atoms with E-state index < -0.39 is 11.9 Å². The molecular formula is C27H24ClNaO5S. The van der Waals surface area contributed by atoms with Crippen LogP contribution in [0.3, 0.4) is 0 Å². The fraction of sp³-hybridized carbons (Fsp3) is 0.259. The van der Waals surface area contributed by atoms with Crippen LogP contribution >= 0.6 is 23.4 Å². The van der Waals surface area contributed by atoms with Crippen LogP contribution in [0.25, 0.3) is 0 Å². The molecule has 0 aromatic heterocycles. The number of benzene rings is 3. The largest absolute Gasteiger partial charge is 1.00 e. The van der Waals surface area contributed by atoms with Crippen LogP contribution in [0.1, 0.15) is 46.7 Å². The minimum absolute atomic E-state index is 0. The van der Waals surface area contributed by atoms with E-state index in [1.54, 1.807) is 48.2 Å². The summed E-state index contributed by atoms with van der Waals surface area (Å²) in [6, 6.07) is 18.5. The molecule has 0 saturated heterocycles. The zero-order chi connectivity index (χ0) is 24.1. The normalized spacial score (nSPS) is 14.3. The Morgan fingerprint density at radius 1 is 1.11 bits per heavy atom. The Labute approximate surface area is 236 Å². The van der Waals surface area contributed by atoms with Crippen LogP contribution < -0.4 is 44.1 Å². The molecule has 1 atom stereocenters. The number of ether oxygens (including phenoxy) is 2. The van der Waals surface area contributed by atoms with Crippen LogP contribution in [-0.4, -0.2) is 24.6 Å². The average Bonchev–Trinajstić information content (AvgIpc) is 2.85. The van der Waals surface area contributed by atoms with Gasteiger partial charge in [-0.05, 0) is 73.5 Å². The average molecular weight is 519 g/mol. The van der Waals surface area contributed by atoms with E-state index in [0.717, 1.165) is 12.8 Å². The van der Waals surface area contributed by atoms with Gasteiger partial charge in [0.25, 0.3) is 0 Å². The van der Waals surface area contributed by atoms with Crippen LogP contribution in [0, 0.1) is 0 Å². The molecule has 1 aliphatic rings.